The molecule has 4 heterocycles. The largest absolute Gasteiger partial charge is 0.460 e. The van der Waals surface area contributed by atoms with Gasteiger partial charge in [-0.25, -0.2) is 4.79 Å². The number of aliphatic hydroxyl groups excluding tert-OH is 2. The van der Waals surface area contributed by atoms with Crippen LogP contribution < -0.4 is 0 Å². The van der Waals surface area contributed by atoms with E-state index >= 15 is 0 Å². The van der Waals surface area contributed by atoms with E-state index < -0.39 is 95.7 Å². The molecule has 4 fully saturated rings. The van der Waals surface area contributed by atoms with E-state index in [0.717, 1.165) is 12.0 Å². The number of nitrogens with zero attached hydrogens (tertiary/aromatic N) is 1. The molecule has 1 amide bonds. The summed E-state index contributed by atoms with van der Waals surface area (Å²) in [5.74, 6) is -8.22. The Balaban J connectivity index is 1.49. The molecule has 14 nitrogen and oxygen atoms in total. The van der Waals surface area contributed by atoms with E-state index in [1.807, 2.05) is 38.2 Å². The average molecular weight is 912 g/mol. The number of methoxy groups -OCH3 is 3. The van der Waals surface area contributed by atoms with Crippen molar-refractivity contribution >= 4 is 29.2 Å². The predicted molar refractivity (Wildman–Crippen MR) is 243 cm³/mol. The highest BCUT2D eigenvalue weighted by Crippen LogP contribution is 2.45. The van der Waals surface area contributed by atoms with Gasteiger partial charge in [0, 0.05) is 64.4 Å². The Morgan fingerprint density at radius 3 is 2.26 bits per heavy atom. The number of allylic oxidation sites excluding steroid dienone is 6. The number of Topliss-reactive ketones (excluding diaryl/α,β-unsaturated/α-hetero) is 3. The van der Waals surface area contributed by atoms with Crippen LogP contribution in [0.1, 0.15) is 119 Å². The van der Waals surface area contributed by atoms with Gasteiger partial charge in [-0.2, -0.15) is 0 Å². The van der Waals surface area contributed by atoms with E-state index in [-0.39, 0.29) is 42.5 Å². The van der Waals surface area contributed by atoms with Crippen molar-refractivity contribution in [2.45, 2.75) is 173 Å². The van der Waals surface area contributed by atoms with Crippen LogP contribution in [0.25, 0.3) is 0 Å². The number of piperidine rings is 1. The van der Waals surface area contributed by atoms with Gasteiger partial charge in [-0.1, -0.05) is 64.2 Å². The lowest BCUT2D eigenvalue weighted by Crippen LogP contribution is -2.65. The molecule has 5 rings (SSSR count). The van der Waals surface area contributed by atoms with Crippen LogP contribution in [0.4, 0.5) is 0 Å². The van der Waals surface area contributed by atoms with Gasteiger partial charge in [-0.15, -0.1) is 0 Å². The second kappa shape index (κ2) is 23.6. The summed E-state index contributed by atoms with van der Waals surface area (Å²) in [4.78, 5) is 72.1. The fourth-order valence-electron chi connectivity index (χ4n) is 10.9. The summed E-state index contributed by atoms with van der Waals surface area (Å²) < 4.78 is 29.4. The smallest absolute Gasteiger partial charge is 0.329 e. The lowest BCUT2D eigenvalue weighted by atomic mass is 9.68. The molecule has 0 aromatic heterocycles. The van der Waals surface area contributed by atoms with Crippen molar-refractivity contribution < 1.29 is 63.0 Å². The molecule has 3 N–H and O–H groups in total. The molecule has 65 heavy (non-hydrogen) atoms. The summed E-state index contributed by atoms with van der Waals surface area (Å²) in [5, 5.41) is 34.1. The van der Waals surface area contributed by atoms with Gasteiger partial charge in [0.2, 0.25) is 5.79 Å². The van der Waals surface area contributed by atoms with Gasteiger partial charge in [0.1, 0.15) is 30.1 Å². The van der Waals surface area contributed by atoms with Gasteiger partial charge in [0.05, 0.1) is 24.4 Å². The lowest BCUT2D eigenvalue weighted by Gasteiger charge is -2.50. The fourth-order valence-corrected chi connectivity index (χ4v) is 10.9. The highest BCUT2D eigenvalue weighted by atomic mass is 16.6. The molecule has 4 aliphatic heterocycles. The number of amides is 1. The number of ketones is 3. The molecule has 0 radical (unpaired) electrons. The SMILES string of the molecule is CO[C@H]1CC2CC[C@@H](C)C(O)(O2)C(=O)C(=O)N2CCCC3[C@H]2C(=O)O[C@@H](CC(=O)[C@H](C)/C=C(\C)[C@@H](O)[C@@H](OC)C(=O)[C@H](C)CC[C@H](C)/C=C/C=C/C=C/1C)[C@H]3C[C@@H]1CC[C@@H](O)[C@H](OC)C1. The Kier molecular flexibility index (Phi) is 19.1. The first-order valence-corrected chi connectivity index (χ1v) is 24.0. The van der Waals surface area contributed by atoms with Crippen LogP contribution in [0.15, 0.2) is 47.6 Å². The quantitative estimate of drug-likeness (QED) is 0.171. The Hall–Kier alpha value is -3.37. The zero-order valence-corrected chi connectivity index (χ0v) is 40.2. The normalized spacial score (nSPS) is 42.9. The van der Waals surface area contributed by atoms with Crippen LogP contribution in [0.5, 0.6) is 0 Å². The first kappa shape index (κ1) is 52.6. The van der Waals surface area contributed by atoms with Gasteiger partial charge in [-0.05, 0) is 107 Å². The Labute approximate surface area is 386 Å². The molecular weight excluding hydrogens is 835 g/mol. The maximum atomic E-state index is 14.5. The topological polar surface area (TPSA) is 195 Å². The molecule has 16 atom stereocenters. The van der Waals surface area contributed by atoms with Crippen LogP contribution in [-0.4, -0.2) is 132 Å². The minimum Gasteiger partial charge on any atom is -0.460 e. The molecule has 0 aromatic carbocycles. The summed E-state index contributed by atoms with van der Waals surface area (Å²) in [6.07, 6.45) is 11.9. The second-order valence-electron chi connectivity index (χ2n) is 19.9. The van der Waals surface area contributed by atoms with E-state index in [2.05, 4.69) is 13.0 Å². The van der Waals surface area contributed by atoms with Gasteiger partial charge in [0.15, 0.2) is 5.78 Å². The molecule has 0 spiro atoms. The highest BCUT2D eigenvalue weighted by Gasteiger charge is 2.57. The molecule has 6 bridgehead atoms. The maximum absolute atomic E-state index is 14.5. The highest BCUT2D eigenvalue weighted by molar-refractivity contribution is 6.39. The van der Waals surface area contributed by atoms with E-state index in [1.165, 1.54) is 12.0 Å². The van der Waals surface area contributed by atoms with Gasteiger partial charge < -0.3 is 43.9 Å². The number of carbonyl (C=O) groups is 5. The third-order valence-corrected chi connectivity index (χ3v) is 15.2. The van der Waals surface area contributed by atoms with Crippen molar-refractivity contribution in [3.05, 3.63) is 47.6 Å². The summed E-state index contributed by atoms with van der Waals surface area (Å²) >= 11 is 0. The number of rotatable bonds is 5. The number of carbonyl (C=O) groups excluding carboxylic acids is 5. The van der Waals surface area contributed by atoms with E-state index in [9.17, 15) is 39.3 Å². The third-order valence-electron chi connectivity index (χ3n) is 15.2. The number of ether oxygens (including phenoxy) is 5. The standard InChI is InChI=1S/C51H77NO13/c1-29-14-11-10-12-15-30(2)41(61-7)27-36-21-19-34(6)51(60,65-36)48(57)49(58)52-23-13-16-37-38(25-35-20-22-39(53)43(26-35)62-8)42(64-50(59)44(37)52)28-40(54)32(4)24-33(5)46(56)47(63-9)45(55)31(3)18-17-29/h10-12,14-15,24,29,31-32,34-39,41-44,46-47,53,56,60H,13,16-23,25-28H2,1-9H3/b12-10+,14-11+,30-15+,33-24+/t29-,31-,32-,34-,35+,36?,37?,38+,39-,41+,42+,43-,44+,46-,47+,51?/m1/s1. The van der Waals surface area contributed by atoms with Crippen LogP contribution >= 0.6 is 0 Å². The third kappa shape index (κ3) is 12.6. The maximum Gasteiger partial charge on any atom is 0.329 e. The molecule has 1 saturated carbocycles. The van der Waals surface area contributed by atoms with Crippen molar-refractivity contribution in [1.82, 2.24) is 4.90 Å². The summed E-state index contributed by atoms with van der Waals surface area (Å²) in [5.41, 5.74) is 1.30. The van der Waals surface area contributed by atoms with Crippen LogP contribution in [0, 0.1) is 41.4 Å². The monoisotopic (exact) mass is 912 g/mol. The number of fused-ring (bicyclic) bond motifs is 3. The van der Waals surface area contributed by atoms with Gasteiger partial charge >= 0.3 is 5.97 Å². The molecule has 5 aliphatic rings. The Morgan fingerprint density at radius 1 is 0.831 bits per heavy atom. The number of hydrogen-bond donors (Lipinski definition) is 3. The van der Waals surface area contributed by atoms with Crippen molar-refractivity contribution in [3.63, 3.8) is 0 Å². The van der Waals surface area contributed by atoms with Crippen LogP contribution in [0.2, 0.25) is 0 Å². The van der Waals surface area contributed by atoms with Crippen molar-refractivity contribution in [1.29, 1.82) is 0 Å². The molecule has 3 saturated heterocycles. The predicted octanol–water partition coefficient (Wildman–Crippen LogP) is 5.79. The van der Waals surface area contributed by atoms with Gasteiger partial charge in [0.25, 0.3) is 11.7 Å². The number of hydrogen-bond acceptors (Lipinski definition) is 13. The van der Waals surface area contributed by atoms with Crippen LogP contribution in [-0.2, 0) is 47.7 Å². The van der Waals surface area contributed by atoms with Gasteiger partial charge in [-0.3, -0.25) is 19.2 Å². The zero-order chi connectivity index (χ0) is 47.7. The first-order chi connectivity index (χ1) is 30.8. The average Bonchev–Trinajstić information content (AvgIpc) is 3.28. The molecule has 1 aliphatic carbocycles. The van der Waals surface area contributed by atoms with Crippen molar-refractivity contribution in [2.75, 3.05) is 27.9 Å². The molecule has 14 heteroatoms. The lowest BCUT2D eigenvalue weighted by molar-refractivity contribution is -0.266. The number of esters is 1. The van der Waals surface area contributed by atoms with Crippen LogP contribution in [0.3, 0.4) is 0 Å². The second-order valence-corrected chi connectivity index (χ2v) is 19.9. The fraction of sp³-hybridized carbons (Fsp3) is 0.745. The number of aliphatic hydroxyl groups is 3. The molecular formula is C51H77NO13. The summed E-state index contributed by atoms with van der Waals surface area (Å²) in [6.45, 7) is 11.0. The molecule has 0 aromatic rings. The molecule has 3 unspecified atom stereocenters. The van der Waals surface area contributed by atoms with Crippen molar-refractivity contribution in [3.8, 4) is 0 Å². The summed E-state index contributed by atoms with van der Waals surface area (Å²) in [6, 6.07) is -1.13. The van der Waals surface area contributed by atoms with E-state index in [1.54, 1.807) is 41.1 Å². The van der Waals surface area contributed by atoms with Crippen molar-refractivity contribution in [2.24, 2.45) is 41.4 Å². The minimum absolute atomic E-state index is 0.0544. The molecule has 364 valence electrons. The van der Waals surface area contributed by atoms with E-state index in [4.69, 9.17) is 23.7 Å². The first-order valence-electron chi connectivity index (χ1n) is 24.0. The summed E-state index contributed by atoms with van der Waals surface area (Å²) in [7, 11) is 4.54. The minimum atomic E-state index is -2.43. The zero-order valence-electron chi connectivity index (χ0n) is 40.2. The Bertz CT molecular complexity index is 1810. The Morgan fingerprint density at radius 2 is 1.57 bits per heavy atom. The van der Waals surface area contributed by atoms with E-state index in [0.29, 0.717) is 69.8 Å².